The molecule has 1 saturated carbocycles. The Labute approximate surface area is 409 Å². The molecule has 4 aromatic rings. The second-order valence-corrected chi connectivity index (χ2v) is 17.8. The quantitative estimate of drug-likeness (QED) is 0.0279. The zero-order valence-corrected chi connectivity index (χ0v) is 40.0. The van der Waals surface area contributed by atoms with Crippen molar-refractivity contribution < 1.29 is 62.5 Å². The lowest BCUT2D eigenvalue weighted by Crippen LogP contribution is -2.70. The van der Waals surface area contributed by atoms with Crippen LogP contribution in [0.25, 0.3) is 0 Å². The summed E-state index contributed by atoms with van der Waals surface area (Å²) < 4.78 is 50.0. The molecule has 6 atom stereocenters. The summed E-state index contributed by atoms with van der Waals surface area (Å²) in [4.78, 5) is 34.7. The number of hydrogen-bond acceptors (Lipinski definition) is 14. The number of aliphatic hydroxyl groups is 2. The van der Waals surface area contributed by atoms with Crippen molar-refractivity contribution in [1.82, 2.24) is 4.90 Å². The van der Waals surface area contributed by atoms with Crippen LogP contribution in [0.2, 0.25) is 0 Å². The van der Waals surface area contributed by atoms with Crippen LogP contribution in [0.4, 0.5) is 4.79 Å². The van der Waals surface area contributed by atoms with Crippen molar-refractivity contribution in [3.63, 3.8) is 0 Å². The molecule has 372 valence electrons. The van der Waals surface area contributed by atoms with Gasteiger partial charge >= 0.3 is 6.09 Å². The molecule has 2 aliphatic heterocycles. The highest BCUT2D eigenvalue weighted by Crippen LogP contribution is 2.62. The van der Waals surface area contributed by atoms with E-state index in [1.807, 2.05) is 73.7 Å². The molecule has 70 heavy (non-hydrogen) atoms. The Morgan fingerprint density at radius 2 is 1.67 bits per heavy atom. The standard InChI is InChI=1S/C55H64N2O13/c1-4-25-67-55-51(57(33-38-17-20-49-50(28-38)66-36-65-49)54(61)64-27-26-63-35-37-13-7-6-8-14-37)32-46(56-68-5-2)44-30-39(15-9-11-23-58)43(16-10-12-24-59)52(53(44)55)45-31-42(19-22-48(45)70-55)69-41-18-21-47(62-3)40(29-41)34-60/h4,6-8,13-14,17-22,28-31,34,39,43,51-53,58-59H,1,5,9-12,15-16,23-27,32-33,35-36H2,2-3H3/t39-,43+,51-,52+,53+,55+/m0/s1. The van der Waals surface area contributed by atoms with E-state index in [1.165, 1.54) is 7.11 Å². The zero-order chi connectivity index (χ0) is 48.9. The molecule has 0 aromatic heterocycles. The summed E-state index contributed by atoms with van der Waals surface area (Å²) in [5.74, 6) is 0.643. The van der Waals surface area contributed by atoms with Gasteiger partial charge in [-0.15, -0.1) is 6.58 Å². The number of unbranched alkanes of at least 4 members (excludes halogenated alkanes) is 2. The second kappa shape index (κ2) is 24.0. The fourth-order valence-corrected chi connectivity index (χ4v) is 10.4. The van der Waals surface area contributed by atoms with Crippen LogP contribution in [0.15, 0.2) is 114 Å². The van der Waals surface area contributed by atoms with E-state index in [0.717, 1.165) is 54.2 Å². The Morgan fingerprint density at radius 3 is 2.44 bits per heavy atom. The van der Waals surface area contributed by atoms with Crippen molar-refractivity contribution in [2.45, 2.75) is 82.8 Å². The van der Waals surface area contributed by atoms with Crippen LogP contribution in [-0.4, -0.2) is 98.6 Å². The Bertz CT molecular complexity index is 2480. The van der Waals surface area contributed by atoms with E-state index < -0.39 is 23.8 Å². The number of aliphatic hydroxyl groups excluding tert-OH is 2. The Morgan fingerprint density at radius 1 is 0.900 bits per heavy atom. The molecule has 0 radical (unpaired) electrons. The predicted octanol–water partition coefficient (Wildman–Crippen LogP) is 9.54. The highest BCUT2D eigenvalue weighted by atomic mass is 16.7. The number of nitrogens with zero attached hydrogens (tertiary/aromatic N) is 2. The van der Waals surface area contributed by atoms with E-state index in [9.17, 15) is 15.0 Å². The molecule has 15 nitrogen and oxygen atoms in total. The van der Waals surface area contributed by atoms with Crippen LogP contribution in [0.3, 0.4) is 0 Å². The number of carbonyl (C=O) groups excluding carboxylic acids is 2. The molecular formula is C55H64N2O13. The van der Waals surface area contributed by atoms with E-state index in [2.05, 4.69) is 12.7 Å². The average molecular weight is 961 g/mol. The molecule has 2 heterocycles. The van der Waals surface area contributed by atoms with Gasteiger partial charge in [0.05, 0.1) is 44.1 Å². The maximum absolute atomic E-state index is 15.0. The molecule has 0 bridgehead atoms. The lowest BCUT2D eigenvalue weighted by Gasteiger charge is -2.59. The maximum atomic E-state index is 15.0. The Hall–Kier alpha value is -6.39. The van der Waals surface area contributed by atoms with Gasteiger partial charge in [0.25, 0.3) is 0 Å². The summed E-state index contributed by atoms with van der Waals surface area (Å²) in [5.41, 5.74) is 4.51. The average Bonchev–Trinajstić information content (AvgIpc) is 3.86. The number of oxime groups is 1. The summed E-state index contributed by atoms with van der Waals surface area (Å²) >= 11 is 0. The molecule has 4 aliphatic rings. The molecule has 4 aromatic carbocycles. The van der Waals surface area contributed by atoms with Gasteiger partial charge in [0.15, 0.2) is 17.8 Å². The number of carbonyl (C=O) groups is 2. The number of amides is 1. The number of allylic oxidation sites excluding steroid dienone is 1. The van der Waals surface area contributed by atoms with Crippen molar-refractivity contribution in [2.24, 2.45) is 22.9 Å². The predicted molar refractivity (Wildman–Crippen MR) is 261 cm³/mol. The first-order valence-electron chi connectivity index (χ1n) is 24.3. The van der Waals surface area contributed by atoms with E-state index in [-0.39, 0.29) is 70.5 Å². The number of rotatable bonds is 25. The van der Waals surface area contributed by atoms with Gasteiger partial charge in [-0.25, -0.2) is 4.79 Å². The minimum absolute atomic E-state index is 0.0137. The highest BCUT2D eigenvalue weighted by Gasteiger charge is 2.65. The van der Waals surface area contributed by atoms with E-state index in [1.54, 1.807) is 29.2 Å². The van der Waals surface area contributed by atoms with E-state index in [0.29, 0.717) is 71.8 Å². The van der Waals surface area contributed by atoms with Gasteiger partial charge in [-0.1, -0.05) is 66.5 Å². The molecule has 2 N–H and O–H groups in total. The summed E-state index contributed by atoms with van der Waals surface area (Å²) in [5, 5.41) is 24.9. The van der Waals surface area contributed by atoms with Crippen LogP contribution >= 0.6 is 0 Å². The van der Waals surface area contributed by atoms with Gasteiger partial charge in [0.1, 0.15) is 42.3 Å². The first-order valence-corrected chi connectivity index (χ1v) is 24.3. The third kappa shape index (κ3) is 11.1. The Kier molecular flexibility index (Phi) is 17.1. The number of fused-ring (bicyclic) bond motifs is 3. The van der Waals surface area contributed by atoms with Gasteiger partial charge in [-0.3, -0.25) is 9.69 Å². The van der Waals surface area contributed by atoms with Gasteiger partial charge in [0, 0.05) is 37.7 Å². The van der Waals surface area contributed by atoms with Crippen molar-refractivity contribution in [3.05, 3.63) is 131 Å². The number of ether oxygens (including phenoxy) is 8. The minimum Gasteiger partial charge on any atom is -0.496 e. The fraction of sp³-hybridized carbons (Fsp3) is 0.436. The molecule has 8 rings (SSSR count). The summed E-state index contributed by atoms with van der Waals surface area (Å²) in [6, 6.07) is 25.3. The second-order valence-electron chi connectivity index (χ2n) is 17.8. The SMILES string of the molecule is C=CCO[C@@]12Oc3ccc(Oc4ccc(OC)c(C=O)c4)cc3[C@H]3[C@H](CCCCO)[C@@H](CCCCO)C=C(C(=NOCC)C[C@@H]1N(Cc1ccc4c(c1)OCO4)C(=O)OCCOCc1ccccc1)[C@H]32. The van der Waals surface area contributed by atoms with Crippen LogP contribution < -0.4 is 23.7 Å². The monoisotopic (exact) mass is 960 g/mol. The molecule has 0 unspecified atom stereocenters. The molecule has 0 saturated heterocycles. The molecule has 0 spiro atoms. The summed E-state index contributed by atoms with van der Waals surface area (Å²) in [6.45, 7) is 7.09. The lowest BCUT2D eigenvalue weighted by atomic mass is 9.55. The van der Waals surface area contributed by atoms with Gasteiger partial charge in [-0.05, 0) is 110 Å². The van der Waals surface area contributed by atoms with Crippen LogP contribution in [0.5, 0.6) is 34.5 Å². The third-order valence-electron chi connectivity index (χ3n) is 13.5. The normalized spacial score (nSPS) is 22.2. The van der Waals surface area contributed by atoms with Gasteiger partial charge in [-0.2, -0.15) is 0 Å². The van der Waals surface area contributed by atoms with Crippen LogP contribution in [0, 0.1) is 17.8 Å². The third-order valence-corrected chi connectivity index (χ3v) is 13.5. The van der Waals surface area contributed by atoms with Crippen molar-refractivity contribution in [1.29, 1.82) is 0 Å². The smallest absolute Gasteiger partial charge is 0.410 e. The fourth-order valence-electron chi connectivity index (χ4n) is 10.4. The highest BCUT2D eigenvalue weighted by molar-refractivity contribution is 6.03. The van der Waals surface area contributed by atoms with E-state index in [4.69, 9.17) is 47.9 Å². The summed E-state index contributed by atoms with van der Waals surface area (Å²) in [6.07, 6.45) is 8.55. The van der Waals surface area contributed by atoms with Crippen molar-refractivity contribution in [3.8, 4) is 34.5 Å². The van der Waals surface area contributed by atoms with E-state index >= 15 is 4.79 Å². The first-order chi connectivity index (χ1) is 34.3. The summed E-state index contributed by atoms with van der Waals surface area (Å²) in [7, 11) is 1.51. The van der Waals surface area contributed by atoms with Crippen molar-refractivity contribution in [2.75, 3.05) is 53.5 Å². The molecular weight excluding hydrogens is 897 g/mol. The minimum atomic E-state index is -1.55. The topological polar surface area (TPSA) is 173 Å². The Balaban J connectivity index is 1.27. The molecule has 2 aliphatic carbocycles. The molecule has 1 amide bonds. The maximum Gasteiger partial charge on any atom is 0.410 e. The van der Waals surface area contributed by atoms with Gasteiger partial charge < -0.3 is 52.9 Å². The number of aldehydes is 1. The van der Waals surface area contributed by atoms with Crippen LogP contribution in [0.1, 0.15) is 84.8 Å². The number of benzene rings is 4. The van der Waals surface area contributed by atoms with Crippen LogP contribution in [-0.2, 0) is 32.2 Å². The lowest BCUT2D eigenvalue weighted by molar-refractivity contribution is -0.256. The molecule has 1 fully saturated rings. The zero-order valence-electron chi connectivity index (χ0n) is 40.0. The van der Waals surface area contributed by atoms with Gasteiger partial charge in [0.2, 0.25) is 12.6 Å². The van der Waals surface area contributed by atoms with Crippen molar-refractivity contribution >= 4 is 18.1 Å². The number of hydrogen-bond donors (Lipinski definition) is 2. The first kappa shape index (κ1) is 50.0. The number of methoxy groups -OCH3 is 1. The molecule has 15 heteroatoms. The largest absolute Gasteiger partial charge is 0.496 e.